The van der Waals surface area contributed by atoms with E-state index < -0.39 is 0 Å². The average Bonchev–Trinajstić information content (AvgIpc) is 3.28. The number of carbonyl (C=O) groups excluding carboxylic acids is 1. The first-order valence-electron chi connectivity index (χ1n) is 10.7. The normalized spacial score (nSPS) is 11.0. The minimum absolute atomic E-state index is 0. The highest BCUT2D eigenvalue weighted by molar-refractivity contribution is 7.22. The highest BCUT2D eigenvalue weighted by Gasteiger charge is 2.20. The molecule has 35 heavy (non-hydrogen) atoms. The van der Waals surface area contributed by atoms with Crippen molar-refractivity contribution in [2.24, 2.45) is 0 Å². The molecule has 0 N–H and O–H groups in total. The van der Waals surface area contributed by atoms with Gasteiger partial charge >= 0.3 is 0 Å². The zero-order valence-corrected chi connectivity index (χ0v) is 22.7. The van der Waals surface area contributed by atoms with E-state index in [1.165, 1.54) is 17.4 Å². The summed E-state index contributed by atoms with van der Waals surface area (Å²) in [6.45, 7) is 3.21. The molecule has 0 spiro atoms. The Morgan fingerprint density at radius 3 is 2.14 bits per heavy atom. The zero-order chi connectivity index (χ0) is 24.8. The summed E-state index contributed by atoms with van der Waals surface area (Å²) in [5.41, 5.74) is 2.60. The summed E-state index contributed by atoms with van der Waals surface area (Å²) in [5, 5.41) is 0.629. The fraction of sp³-hybridized carbons (Fsp3) is 0.360. The van der Waals surface area contributed by atoms with E-state index in [2.05, 4.69) is 0 Å². The number of likely N-dealkylation sites (N-methyl/N-ethyl adjacent to an activating group) is 1. The lowest BCUT2D eigenvalue weighted by Crippen LogP contribution is -2.35. The maximum absolute atomic E-state index is 13.3. The standard InChI is InChI=1S/C25H31N3O5S.ClH/c1-16-8-10-18(30-4)22-24(16)34-25(26-22)28(13-12-27(2)3)21(29)11-9-17-14-19(31-5)23(33-7)20(15-17)32-6;/h8-11,14-15H,12-13H2,1-7H3;1H. The van der Waals surface area contributed by atoms with Crippen LogP contribution in [0.1, 0.15) is 11.1 Å². The van der Waals surface area contributed by atoms with Gasteiger partial charge in [0.2, 0.25) is 5.75 Å². The molecule has 1 heterocycles. The molecule has 0 aliphatic rings. The Labute approximate surface area is 216 Å². The van der Waals surface area contributed by atoms with E-state index in [9.17, 15) is 4.79 Å². The first-order chi connectivity index (χ1) is 16.3. The van der Waals surface area contributed by atoms with Crippen molar-refractivity contribution >= 4 is 51.1 Å². The second-order valence-corrected chi connectivity index (χ2v) is 8.82. The van der Waals surface area contributed by atoms with E-state index in [1.807, 2.05) is 38.1 Å². The Morgan fingerprint density at radius 1 is 0.971 bits per heavy atom. The summed E-state index contributed by atoms with van der Waals surface area (Å²) in [7, 11) is 10.2. The largest absolute Gasteiger partial charge is 0.494 e. The lowest BCUT2D eigenvalue weighted by molar-refractivity contribution is -0.114. The van der Waals surface area contributed by atoms with Gasteiger partial charge in [0.1, 0.15) is 11.3 Å². The molecule has 0 fully saturated rings. The quantitative estimate of drug-likeness (QED) is 0.359. The van der Waals surface area contributed by atoms with E-state index >= 15 is 0 Å². The van der Waals surface area contributed by atoms with Crippen molar-refractivity contribution in [2.75, 3.05) is 60.5 Å². The molecule has 8 nitrogen and oxygen atoms in total. The molecule has 0 saturated heterocycles. The molecule has 0 radical (unpaired) electrons. The molecule has 0 aliphatic heterocycles. The van der Waals surface area contributed by atoms with Crippen LogP contribution >= 0.6 is 23.7 Å². The Balaban J connectivity index is 0.00000432. The Morgan fingerprint density at radius 2 is 1.60 bits per heavy atom. The molecular weight excluding hydrogens is 490 g/mol. The number of aromatic nitrogens is 1. The highest BCUT2D eigenvalue weighted by Crippen LogP contribution is 2.39. The molecular formula is C25H32ClN3O5S. The number of nitrogens with zero attached hydrogens (tertiary/aromatic N) is 3. The molecule has 0 aliphatic carbocycles. The molecule has 3 aromatic rings. The van der Waals surface area contributed by atoms with Gasteiger partial charge in [-0.1, -0.05) is 17.4 Å². The zero-order valence-electron chi connectivity index (χ0n) is 21.1. The van der Waals surface area contributed by atoms with Gasteiger partial charge in [-0.25, -0.2) is 4.98 Å². The lowest BCUT2D eigenvalue weighted by atomic mass is 10.1. The summed E-state index contributed by atoms with van der Waals surface area (Å²) in [6, 6.07) is 7.49. The van der Waals surface area contributed by atoms with E-state index in [0.29, 0.717) is 41.2 Å². The third-order valence-corrected chi connectivity index (χ3v) is 6.50. The maximum Gasteiger partial charge on any atom is 0.252 e. The Bertz CT molecular complexity index is 1170. The molecule has 1 aromatic heterocycles. The number of rotatable bonds is 10. The number of hydrogen-bond donors (Lipinski definition) is 0. The van der Waals surface area contributed by atoms with Gasteiger partial charge in [0, 0.05) is 19.2 Å². The van der Waals surface area contributed by atoms with Crippen molar-refractivity contribution in [3.63, 3.8) is 0 Å². The van der Waals surface area contributed by atoms with Gasteiger partial charge in [-0.15, -0.1) is 12.4 Å². The first-order valence-corrected chi connectivity index (χ1v) is 11.5. The van der Waals surface area contributed by atoms with Gasteiger partial charge in [0.15, 0.2) is 16.6 Å². The van der Waals surface area contributed by atoms with Gasteiger partial charge in [0.25, 0.3) is 5.91 Å². The van der Waals surface area contributed by atoms with Crippen LogP contribution in [0.4, 0.5) is 5.13 Å². The summed E-state index contributed by atoms with van der Waals surface area (Å²) in [4.78, 5) is 21.8. The van der Waals surface area contributed by atoms with E-state index in [4.69, 9.17) is 23.9 Å². The van der Waals surface area contributed by atoms with Crippen LogP contribution in [0.25, 0.3) is 16.3 Å². The second kappa shape index (κ2) is 12.6. The second-order valence-electron chi connectivity index (χ2n) is 7.84. The number of aryl methyl sites for hydroxylation is 1. The van der Waals surface area contributed by atoms with Crippen LogP contribution in [-0.4, -0.2) is 71.4 Å². The number of fused-ring (bicyclic) bond motifs is 1. The van der Waals surface area contributed by atoms with Crippen molar-refractivity contribution in [3.8, 4) is 23.0 Å². The average molecular weight is 522 g/mol. The fourth-order valence-electron chi connectivity index (χ4n) is 3.43. The van der Waals surface area contributed by atoms with E-state index in [0.717, 1.165) is 21.3 Å². The number of benzene rings is 2. The highest BCUT2D eigenvalue weighted by atomic mass is 35.5. The Hall–Kier alpha value is -3.01. The molecule has 0 atom stereocenters. The summed E-state index contributed by atoms with van der Waals surface area (Å²) < 4.78 is 22.7. The monoisotopic (exact) mass is 521 g/mol. The number of amides is 1. The molecule has 3 rings (SSSR count). The molecule has 0 unspecified atom stereocenters. The molecule has 1 amide bonds. The third kappa shape index (κ3) is 6.36. The topological polar surface area (TPSA) is 73.4 Å². The number of methoxy groups -OCH3 is 4. The molecule has 2 aromatic carbocycles. The SMILES string of the molecule is COc1cc(C=CC(=O)N(CCN(C)C)c2nc3c(OC)ccc(C)c3s2)cc(OC)c1OC.Cl. The van der Waals surface area contributed by atoms with Crippen LogP contribution in [0.15, 0.2) is 30.3 Å². The minimum Gasteiger partial charge on any atom is -0.494 e. The number of anilines is 1. The van der Waals surface area contributed by atoms with Gasteiger partial charge < -0.3 is 23.8 Å². The van der Waals surface area contributed by atoms with Gasteiger partial charge in [0.05, 0.1) is 33.1 Å². The summed E-state index contributed by atoms with van der Waals surface area (Å²) in [5.74, 6) is 2.06. The molecule has 0 saturated carbocycles. The minimum atomic E-state index is -0.175. The number of halogens is 1. The van der Waals surface area contributed by atoms with Gasteiger partial charge in [-0.3, -0.25) is 9.69 Å². The van der Waals surface area contributed by atoms with Crippen molar-refractivity contribution in [1.29, 1.82) is 0 Å². The van der Waals surface area contributed by atoms with Crippen LogP contribution in [0.3, 0.4) is 0 Å². The number of ether oxygens (including phenoxy) is 4. The Kier molecular flexibility index (Phi) is 10.2. The summed E-state index contributed by atoms with van der Waals surface area (Å²) in [6.07, 6.45) is 3.27. The lowest BCUT2D eigenvalue weighted by Gasteiger charge is -2.20. The van der Waals surface area contributed by atoms with E-state index in [-0.39, 0.29) is 18.3 Å². The van der Waals surface area contributed by atoms with Crippen molar-refractivity contribution in [1.82, 2.24) is 9.88 Å². The van der Waals surface area contributed by atoms with Gasteiger partial charge in [-0.05, 0) is 56.4 Å². The van der Waals surface area contributed by atoms with Crippen LogP contribution in [0.2, 0.25) is 0 Å². The smallest absolute Gasteiger partial charge is 0.252 e. The fourth-order valence-corrected chi connectivity index (χ4v) is 4.52. The van der Waals surface area contributed by atoms with Gasteiger partial charge in [-0.2, -0.15) is 0 Å². The number of hydrogen-bond acceptors (Lipinski definition) is 8. The van der Waals surface area contributed by atoms with Crippen molar-refractivity contribution in [2.45, 2.75) is 6.92 Å². The number of thiazole rings is 1. The van der Waals surface area contributed by atoms with Crippen LogP contribution < -0.4 is 23.8 Å². The van der Waals surface area contributed by atoms with Crippen LogP contribution in [0, 0.1) is 6.92 Å². The van der Waals surface area contributed by atoms with Crippen molar-refractivity contribution in [3.05, 3.63) is 41.5 Å². The molecule has 0 bridgehead atoms. The number of carbonyl (C=O) groups is 1. The predicted molar refractivity (Wildman–Crippen MR) is 144 cm³/mol. The molecule has 10 heteroatoms. The van der Waals surface area contributed by atoms with Crippen LogP contribution in [0.5, 0.6) is 23.0 Å². The van der Waals surface area contributed by atoms with Crippen molar-refractivity contribution < 1.29 is 23.7 Å². The van der Waals surface area contributed by atoms with E-state index in [1.54, 1.807) is 51.5 Å². The van der Waals surface area contributed by atoms with Crippen LogP contribution in [-0.2, 0) is 4.79 Å². The first kappa shape index (κ1) is 28.2. The molecule has 190 valence electrons. The summed E-state index contributed by atoms with van der Waals surface area (Å²) >= 11 is 1.49. The maximum atomic E-state index is 13.3. The predicted octanol–water partition coefficient (Wildman–Crippen LogP) is 4.67. The third-order valence-electron chi connectivity index (χ3n) is 5.29.